The highest BCUT2D eigenvalue weighted by atomic mass is 16.5. The lowest BCUT2D eigenvalue weighted by molar-refractivity contribution is -0.150. The minimum atomic E-state index is -1.73. The zero-order chi connectivity index (χ0) is 24.4. The van der Waals surface area contributed by atoms with Gasteiger partial charge in [-0.1, -0.05) is 17.3 Å². The number of aliphatic hydroxyl groups is 1. The lowest BCUT2D eigenvalue weighted by Crippen LogP contribution is -2.55. The molecule has 1 aliphatic rings. The second kappa shape index (κ2) is 9.37. The monoisotopic (exact) mass is 476 g/mol. The number of aromatic amines is 2. The standard InChI is InChI=1S/C23H20N6O6/c30-18(21(31)26-16-6-4-13(5-7-16)20-27-23(33)35-28-20)19-22(32)29(8-9-34-19)17-3-1-2-14(10-17)15-11-24-25-12-15/h1-7,10-12,18-19,30H,8-9H2,(H,24,25)(H,26,31)(H,27,28,33)/t18-,19-/m1/s1. The number of hydrogen-bond acceptors (Lipinski definition) is 8. The molecule has 2 aromatic carbocycles. The van der Waals surface area contributed by atoms with Gasteiger partial charge < -0.3 is 20.1 Å². The van der Waals surface area contributed by atoms with Gasteiger partial charge in [0.2, 0.25) is 0 Å². The Bertz CT molecular complexity index is 1390. The normalized spacial score (nSPS) is 16.8. The van der Waals surface area contributed by atoms with Crippen LogP contribution in [-0.4, -0.2) is 62.6 Å². The first kappa shape index (κ1) is 22.3. The predicted molar refractivity (Wildman–Crippen MR) is 123 cm³/mol. The van der Waals surface area contributed by atoms with Crippen molar-refractivity contribution in [3.63, 3.8) is 0 Å². The number of amides is 2. The van der Waals surface area contributed by atoms with E-state index in [1.165, 1.54) is 4.90 Å². The van der Waals surface area contributed by atoms with Crippen LogP contribution >= 0.6 is 0 Å². The van der Waals surface area contributed by atoms with Gasteiger partial charge in [-0.05, 0) is 42.0 Å². The first-order valence-corrected chi connectivity index (χ1v) is 10.7. The molecule has 3 heterocycles. The van der Waals surface area contributed by atoms with E-state index in [1.807, 2.05) is 18.2 Å². The van der Waals surface area contributed by atoms with Crippen LogP contribution in [0.15, 0.2) is 70.2 Å². The largest absolute Gasteiger partial charge is 0.439 e. The molecule has 0 spiro atoms. The molecule has 35 heavy (non-hydrogen) atoms. The van der Waals surface area contributed by atoms with Gasteiger partial charge in [0.25, 0.3) is 11.8 Å². The summed E-state index contributed by atoms with van der Waals surface area (Å²) in [6, 6.07) is 13.6. The minimum Gasteiger partial charge on any atom is -0.380 e. The molecule has 2 aromatic heterocycles. The average molecular weight is 476 g/mol. The van der Waals surface area contributed by atoms with Gasteiger partial charge in [-0.3, -0.25) is 24.2 Å². The summed E-state index contributed by atoms with van der Waals surface area (Å²) < 4.78 is 9.95. The topological polar surface area (TPSA) is 166 Å². The second-order valence-corrected chi connectivity index (χ2v) is 7.77. The number of aliphatic hydroxyl groups excluding tert-OH is 1. The van der Waals surface area contributed by atoms with E-state index in [0.717, 1.165) is 11.1 Å². The van der Waals surface area contributed by atoms with E-state index < -0.39 is 29.8 Å². The molecule has 12 nitrogen and oxygen atoms in total. The number of carbonyl (C=O) groups excluding carboxylic acids is 2. The molecule has 2 atom stereocenters. The fourth-order valence-corrected chi connectivity index (χ4v) is 3.77. The molecule has 0 bridgehead atoms. The Morgan fingerprint density at radius 1 is 1.14 bits per heavy atom. The number of hydrogen-bond donors (Lipinski definition) is 4. The number of carbonyl (C=O) groups is 2. The third-order valence-electron chi connectivity index (χ3n) is 5.53. The van der Waals surface area contributed by atoms with Gasteiger partial charge in [0.05, 0.1) is 12.8 Å². The van der Waals surface area contributed by atoms with Crippen molar-refractivity contribution >= 4 is 23.2 Å². The number of rotatable bonds is 6. The maximum atomic E-state index is 13.1. The molecule has 1 saturated heterocycles. The van der Waals surface area contributed by atoms with E-state index in [-0.39, 0.29) is 19.0 Å². The number of morpholine rings is 1. The number of H-pyrrole nitrogens is 2. The molecular weight excluding hydrogens is 456 g/mol. The fraction of sp³-hybridized carbons (Fsp3) is 0.174. The zero-order valence-corrected chi connectivity index (χ0v) is 18.2. The molecule has 4 N–H and O–H groups in total. The Labute approximate surface area is 197 Å². The third kappa shape index (κ3) is 4.60. The summed E-state index contributed by atoms with van der Waals surface area (Å²) >= 11 is 0. The maximum absolute atomic E-state index is 13.1. The fourth-order valence-electron chi connectivity index (χ4n) is 3.77. The molecule has 0 unspecified atom stereocenters. The quantitative estimate of drug-likeness (QED) is 0.322. The van der Waals surface area contributed by atoms with Crippen molar-refractivity contribution in [2.45, 2.75) is 12.2 Å². The van der Waals surface area contributed by atoms with E-state index in [2.05, 4.69) is 30.2 Å². The van der Waals surface area contributed by atoms with Crippen molar-refractivity contribution in [1.82, 2.24) is 20.3 Å². The summed E-state index contributed by atoms with van der Waals surface area (Å²) in [5.41, 5.74) is 3.29. The van der Waals surface area contributed by atoms with Gasteiger partial charge in [0.1, 0.15) is 0 Å². The lowest BCUT2D eigenvalue weighted by atomic mass is 10.1. The van der Waals surface area contributed by atoms with Crippen LogP contribution in [0.1, 0.15) is 0 Å². The smallest absolute Gasteiger partial charge is 0.380 e. The van der Waals surface area contributed by atoms with Gasteiger partial charge in [-0.2, -0.15) is 5.10 Å². The van der Waals surface area contributed by atoms with Crippen molar-refractivity contribution in [2.75, 3.05) is 23.4 Å². The Morgan fingerprint density at radius 2 is 1.97 bits per heavy atom. The molecule has 1 fully saturated rings. The van der Waals surface area contributed by atoms with E-state index in [4.69, 9.17) is 4.74 Å². The van der Waals surface area contributed by atoms with Gasteiger partial charge in [-0.15, -0.1) is 0 Å². The van der Waals surface area contributed by atoms with E-state index in [0.29, 0.717) is 16.9 Å². The third-order valence-corrected chi connectivity index (χ3v) is 5.53. The molecule has 178 valence electrons. The van der Waals surface area contributed by atoms with E-state index in [9.17, 15) is 19.5 Å². The van der Waals surface area contributed by atoms with Crippen LogP contribution in [0.5, 0.6) is 0 Å². The SMILES string of the molecule is O=C(Nc1ccc(-c2noc(=O)[nH]2)cc1)[C@H](O)[C@H]1OCCN(c2cccc(-c3cn[nH]c3)c2)C1=O. The maximum Gasteiger partial charge on any atom is 0.439 e. The summed E-state index contributed by atoms with van der Waals surface area (Å²) in [5, 5.41) is 23.5. The van der Waals surface area contributed by atoms with Crippen LogP contribution < -0.4 is 16.0 Å². The first-order valence-electron chi connectivity index (χ1n) is 10.7. The summed E-state index contributed by atoms with van der Waals surface area (Å²) in [6.45, 7) is 0.436. The van der Waals surface area contributed by atoms with Crippen LogP contribution in [0.3, 0.4) is 0 Å². The Kier molecular flexibility index (Phi) is 5.95. The molecule has 2 amide bonds. The minimum absolute atomic E-state index is 0.154. The highest BCUT2D eigenvalue weighted by Crippen LogP contribution is 2.26. The summed E-state index contributed by atoms with van der Waals surface area (Å²) in [6.07, 6.45) is 0.332. The van der Waals surface area contributed by atoms with Crippen molar-refractivity contribution < 1.29 is 24.0 Å². The molecular formula is C23H20N6O6. The molecule has 1 aliphatic heterocycles. The van der Waals surface area contributed by atoms with E-state index >= 15 is 0 Å². The first-order chi connectivity index (χ1) is 17.0. The Balaban J connectivity index is 1.27. The van der Waals surface area contributed by atoms with Gasteiger partial charge in [0, 0.05) is 35.2 Å². The number of ether oxygens (including phenoxy) is 1. The van der Waals surface area contributed by atoms with Crippen LogP contribution in [0.25, 0.3) is 22.5 Å². The van der Waals surface area contributed by atoms with Crippen molar-refractivity contribution in [2.24, 2.45) is 0 Å². The van der Waals surface area contributed by atoms with Gasteiger partial charge in [-0.25, -0.2) is 4.79 Å². The van der Waals surface area contributed by atoms with Crippen LogP contribution in [0, 0.1) is 0 Å². The molecule has 12 heteroatoms. The molecule has 0 aliphatic carbocycles. The highest BCUT2D eigenvalue weighted by Gasteiger charge is 2.39. The lowest BCUT2D eigenvalue weighted by Gasteiger charge is -2.34. The van der Waals surface area contributed by atoms with Crippen molar-refractivity contribution in [3.05, 3.63) is 71.5 Å². The summed E-state index contributed by atoms with van der Waals surface area (Å²) in [7, 11) is 0. The predicted octanol–water partition coefficient (Wildman–Crippen LogP) is 1.15. The number of nitrogens with zero attached hydrogens (tertiary/aromatic N) is 3. The van der Waals surface area contributed by atoms with Gasteiger partial charge >= 0.3 is 5.76 Å². The molecule has 4 aromatic rings. The highest BCUT2D eigenvalue weighted by molar-refractivity contribution is 6.04. The zero-order valence-electron chi connectivity index (χ0n) is 18.2. The number of nitrogens with one attached hydrogen (secondary N) is 3. The van der Waals surface area contributed by atoms with Gasteiger partial charge in [0.15, 0.2) is 18.0 Å². The van der Waals surface area contributed by atoms with Crippen molar-refractivity contribution in [1.29, 1.82) is 0 Å². The van der Waals surface area contributed by atoms with Crippen LogP contribution in [-0.2, 0) is 14.3 Å². The Morgan fingerprint density at radius 3 is 2.69 bits per heavy atom. The number of benzene rings is 2. The number of aromatic nitrogens is 4. The molecule has 0 radical (unpaired) electrons. The number of anilines is 2. The van der Waals surface area contributed by atoms with Crippen LogP contribution in [0.2, 0.25) is 0 Å². The second-order valence-electron chi connectivity index (χ2n) is 7.77. The Hall–Kier alpha value is -4.55. The van der Waals surface area contributed by atoms with Crippen molar-refractivity contribution in [3.8, 4) is 22.5 Å². The van der Waals surface area contributed by atoms with E-state index in [1.54, 1.807) is 42.7 Å². The average Bonchev–Trinajstić information content (AvgIpc) is 3.57. The molecule has 5 rings (SSSR count). The summed E-state index contributed by atoms with van der Waals surface area (Å²) in [5.74, 6) is -1.75. The molecule has 0 saturated carbocycles. The summed E-state index contributed by atoms with van der Waals surface area (Å²) in [4.78, 5) is 40.8. The van der Waals surface area contributed by atoms with Crippen LogP contribution in [0.4, 0.5) is 11.4 Å².